The van der Waals surface area contributed by atoms with Crippen molar-refractivity contribution in [3.63, 3.8) is 0 Å². The van der Waals surface area contributed by atoms with Crippen molar-refractivity contribution in [1.29, 1.82) is 0 Å². The van der Waals surface area contributed by atoms with Gasteiger partial charge in [0.2, 0.25) is 0 Å². The third-order valence-corrected chi connectivity index (χ3v) is 4.86. The second-order valence-corrected chi connectivity index (χ2v) is 6.33. The Labute approximate surface area is 141 Å². The second-order valence-electron chi connectivity index (χ2n) is 6.33. The van der Waals surface area contributed by atoms with Crippen LogP contribution in [0.5, 0.6) is 0 Å². The number of nitrogens with one attached hydrogen (secondary N) is 1. The number of para-hydroxylation sites is 1. The molecule has 126 valence electrons. The predicted octanol–water partition coefficient (Wildman–Crippen LogP) is 2.92. The van der Waals surface area contributed by atoms with Gasteiger partial charge >= 0.3 is 0 Å². The summed E-state index contributed by atoms with van der Waals surface area (Å²) in [6.45, 7) is 3.05. The van der Waals surface area contributed by atoms with Crippen molar-refractivity contribution in [2.24, 2.45) is 0 Å². The van der Waals surface area contributed by atoms with E-state index in [1.165, 1.54) is 0 Å². The van der Waals surface area contributed by atoms with E-state index in [0.29, 0.717) is 13.2 Å². The van der Waals surface area contributed by atoms with Crippen LogP contribution < -0.4 is 10.2 Å². The van der Waals surface area contributed by atoms with Crippen LogP contribution in [-0.2, 0) is 11.2 Å². The van der Waals surface area contributed by atoms with Crippen molar-refractivity contribution < 1.29 is 13.9 Å². The highest BCUT2D eigenvalue weighted by Gasteiger charge is 2.26. The number of benzene rings is 1. The van der Waals surface area contributed by atoms with E-state index < -0.39 is 0 Å². The van der Waals surface area contributed by atoms with E-state index in [1.54, 1.807) is 6.26 Å². The van der Waals surface area contributed by atoms with Crippen molar-refractivity contribution in [1.82, 2.24) is 5.32 Å². The van der Waals surface area contributed by atoms with E-state index in [2.05, 4.69) is 10.2 Å². The van der Waals surface area contributed by atoms with Gasteiger partial charge in [0.05, 0.1) is 31.1 Å². The molecule has 0 radical (unpaired) electrons. The number of amides is 1. The van der Waals surface area contributed by atoms with Gasteiger partial charge in [0.15, 0.2) is 0 Å². The Morgan fingerprint density at radius 3 is 2.88 bits per heavy atom. The summed E-state index contributed by atoms with van der Waals surface area (Å²) < 4.78 is 10.9. The van der Waals surface area contributed by atoms with Crippen molar-refractivity contribution in [2.45, 2.75) is 25.3 Å². The molecule has 1 amide bonds. The standard InChI is InChI=1S/C19H22N2O3/c22-19(20-16-5-3-7-18-14(16)8-11-24-18)15-4-1-2-6-17(15)21-9-12-23-13-10-21/h1-2,4,6,8,11,16H,3,5,7,9-10,12-13H2,(H,20,22). The predicted molar refractivity (Wildman–Crippen MR) is 91.3 cm³/mol. The fraction of sp³-hybridized carbons (Fsp3) is 0.421. The van der Waals surface area contributed by atoms with Crippen LogP contribution in [0.15, 0.2) is 41.0 Å². The van der Waals surface area contributed by atoms with Crippen molar-refractivity contribution in [2.75, 3.05) is 31.2 Å². The van der Waals surface area contributed by atoms with Gasteiger partial charge in [-0.1, -0.05) is 12.1 Å². The zero-order valence-electron chi connectivity index (χ0n) is 13.7. The second kappa shape index (κ2) is 6.69. The van der Waals surface area contributed by atoms with Crippen LogP contribution in [0.2, 0.25) is 0 Å². The van der Waals surface area contributed by atoms with Crippen LogP contribution >= 0.6 is 0 Å². The fourth-order valence-corrected chi connectivity index (χ4v) is 3.62. The summed E-state index contributed by atoms with van der Waals surface area (Å²) in [6.07, 6.45) is 4.67. The maximum absolute atomic E-state index is 12.9. The number of aryl methyl sites for hydroxylation is 1. The fourth-order valence-electron chi connectivity index (χ4n) is 3.62. The van der Waals surface area contributed by atoms with E-state index >= 15 is 0 Å². The molecule has 4 rings (SSSR count). The first-order valence-electron chi connectivity index (χ1n) is 8.62. The Bertz CT molecular complexity index is 719. The van der Waals surface area contributed by atoms with Gasteiger partial charge in [-0.3, -0.25) is 4.79 Å². The molecule has 1 aromatic carbocycles. The Kier molecular flexibility index (Phi) is 4.26. The molecular weight excluding hydrogens is 304 g/mol. The number of carbonyl (C=O) groups excluding carboxylic acids is 1. The molecule has 2 aromatic rings. The molecule has 1 aliphatic carbocycles. The number of hydrogen-bond acceptors (Lipinski definition) is 4. The van der Waals surface area contributed by atoms with Crippen LogP contribution in [0.3, 0.4) is 0 Å². The quantitative estimate of drug-likeness (QED) is 0.942. The highest BCUT2D eigenvalue weighted by Crippen LogP contribution is 2.31. The van der Waals surface area contributed by atoms with Crippen LogP contribution in [-0.4, -0.2) is 32.2 Å². The number of fused-ring (bicyclic) bond motifs is 1. The lowest BCUT2D eigenvalue weighted by Gasteiger charge is -2.31. The Balaban J connectivity index is 1.55. The lowest BCUT2D eigenvalue weighted by Crippen LogP contribution is -2.38. The zero-order valence-corrected chi connectivity index (χ0v) is 13.7. The third kappa shape index (κ3) is 2.91. The molecule has 1 unspecified atom stereocenters. The minimum Gasteiger partial charge on any atom is -0.469 e. The summed E-state index contributed by atoms with van der Waals surface area (Å²) in [6, 6.07) is 9.84. The molecule has 1 saturated heterocycles. The van der Waals surface area contributed by atoms with E-state index in [9.17, 15) is 4.79 Å². The minimum atomic E-state index is -0.0175. The van der Waals surface area contributed by atoms with Crippen molar-refractivity contribution in [3.8, 4) is 0 Å². The van der Waals surface area contributed by atoms with Crippen molar-refractivity contribution >= 4 is 11.6 Å². The lowest BCUT2D eigenvalue weighted by atomic mass is 9.93. The molecule has 1 N–H and O–H groups in total. The molecule has 0 spiro atoms. The van der Waals surface area contributed by atoms with Crippen LogP contribution in [0.1, 0.15) is 40.6 Å². The highest BCUT2D eigenvalue weighted by molar-refractivity contribution is 6.00. The van der Waals surface area contributed by atoms with Gasteiger partial charge in [0.1, 0.15) is 5.76 Å². The molecule has 1 aromatic heterocycles. The maximum Gasteiger partial charge on any atom is 0.253 e. The molecule has 24 heavy (non-hydrogen) atoms. The molecule has 2 heterocycles. The molecule has 1 fully saturated rings. The number of anilines is 1. The molecule has 1 aliphatic heterocycles. The van der Waals surface area contributed by atoms with E-state index in [4.69, 9.17) is 9.15 Å². The molecule has 0 bridgehead atoms. The van der Waals surface area contributed by atoms with E-state index in [0.717, 1.165) is 54.9 Å². The zero-order chi connectivity index (χ0) is 16.4. The molecule has 1 atom stereocenters. The van der Waals surface area contributed by atoms with Gasteiger partial charge in [0.25, 0.3) is 5.91 Å². The number of furan rings is 1. The number of ether oxygens (including phenoxy) is 1. The molecule has 2 aliphatic rings. The number of morpholine rings is 1. The molecule has 5 heteroatoms. The van der Waals surface area contributed by atoms with Crippen molar-refractivity contribution in [3.05, 3.63) is 53.5 Å². The minimum absolute atomic E-state index is 0.0175. The SMILES string of the molecule is O=C(NC1CCCc2occc21)c1ccccc1N1CCOCC1. The maximum atomic E-state index is 12.9. The van der Waals surface area contributed by atoms with Gasteiger partial charge in [-0.05, 0) is 31.0 Å². The molecule has 5 nitrogen and oxygen atoms in total. The van der Waals surface area contributed by atoms with Gasteiger partial charge in [-0.15, -0.1) is 0 Å². The Hall–Kier alpha value is -2.27. The largest absolute Gasteiger partial charge is 0.469 e. The molecular formula is C19H22N2O3. The van der Waals surface area contributed by atoms with E-state index in [-0.39, 0.29) is 11.9 Å². The summed E-state index contributed by atoms with van der Waals surface area (Å²) in [4.78, 5) is 15.1. The first-order chi connectivity index (χ1) is 11.8. The van der Waals surface area contributed by atoms with Gasteiger partial charge in [-0.2, -0.15) is 0 Å². The number of nitrogens with zero attached hydrogens (tertiary/aromatic N) is 1. The van der Waals surface area contributed by atoms with Gasteiger partial charge in [-0.25, -0.2) is 0 Å². The Morgan fingerprint density at radius 2 is 2.00 bits per heavy atom. The first kappa shape index (κ1) is 15.3. The smallest absolute Gasteiger partial charge is 0.253 e. The average Bonchev–Trinajstić information content (AvgIpc) is 3.12. The topological polar surface area (TPSA) is 54.7 Å². The van der Waals surface area contributed by atoms with Crippen LogP contribution in [0.4, 0.5) is 5.69 Å². The normalized spacial score (nSPS) is 20.5. The first-order valence-corrected chi connectivity index (χ1v) is 8.62. The Morgan fingerprint density at radius 1 is 1.17 bits per heavy atom. The summed E-state index contributed by atoms with van der Waals surface area (Å²) in [5.41, 5.74) is 2.84. The lowest BCUT2D eigenvalue weighted by molar-refractivity contribution is 0.0931. The summed E-state index contributed by atoms with van der Waals surface area (Å²) in [5.74, 6) is 0.990. The summed E-state index contributed by atoms with van der Waals surface area (Å²) >= 11 is 0. The van der Waals surface area contributed by atoms with Crippen LogP contribution in [0, 0.1) is 0 Å². The number of rotatable bonds is 3. The average molecular weight is 326 g/mol. The third-order valence-electron chi connectivity index (χ3n) is 4.86. The van der Waals surface area contributed by atoms with Gasteiger partial charge < -0.3 is 19.4 Å². The molecule has 0 saturated carbocycles. The number of hydrogen-bond donors (Lipinski definition) is 1. The highest BCUT2D eigenvalue weighted by atomic mass is 16.5. The summed E-state index contributed by atoms with van der Waals surface area (Å²) in [5, 5.41) is 3.20. The van der Waals surface area contributed by atoms with Crippen LogP contribution in [0.25, 0.3) is 0 Å². The van der Waals surface area contributed by atoms with E-state index in [1.807, 2.05) is 30.3 Å². The van der Waals surface area contributed by atoms with Gasteiger partial charge in [0, 0.05) is 30.8 Å². The summed E-state index contributed by atoms with van der Waals surface area (Å²) in [7, 11) is 0. The monoisotopic (exact) mass is 326 g/mol. The number of carbonyl (C=O) groups is 1.